The molecule has 0 spiro atoms. The summed E-state index contributed by atoms with van der Waals surface area (Å²) in [6.07, 6.45) is 0.621. The molecule has 0 amide bonds. The number of fused-ring (bicyclic) bond motifs is 1. The minimum absolute atomic E-state index is 0.112. The number of carbonyl (C=O) groups excluding carboxylic acids is 1. The predicted molar refractivity (Wildman–Crippen MR) is 79.6 cm³/mol. The van der Waals surface area contributed by atoms with E-state index in [0.717, 1.165) is 17.9 Å². The number of esters is 1. The van der Waals surface area contributed by atoms with Crippen LogP contribution in [-0.4, -0.2) is 38.4 Å². The average Bonchev–Trinajstić information content (AvgIpc) is 2.50. The van der Waals surface area contributed by atoms with Crippen molar-refractivity contribution in [1.29, 1.82) is 0 Å². The Kier molecular flexibility index (Phi) is 5.44. The van der Waals surface area contributed by atoms with Gasteiger partial charge in [0.15, 0.2) is 11.5 Å². The van der Waals surface area contributed by atoms with Gasteiger partial charge in [-0.2, -0.15) is 0 Å². The van der Waals surface area contributed by atoms with E-state index in [4.69, 9.17) is 14.2 Å². The van der Waals surface area contributed by atoms with E-state index in [1.165, 1.54) is 7.11 Å². The average molecular weight is 293 g/mol. The molecule has 0 saturated heterocycles. The van der Waals surface area contributed by atoms with Crippen LogP contribution in [0, 0.1) is 5.92 Å². The monoisotopic (exact) mass is 293 g/mol. The standard InChI is InChI=1S/C16H23NO4/c1-11(2)8-13(16(18)19-3)17-9-12-10-20-14-6-4-5-7-15(14)21-12/h4-7,11-13,17H,8-10H2,1-3H3. The van der Waals surface area contributed by atoms with Crippen LogP contribution in [0.2, 0.25) is 0 Å². The first-order valence-electron chi connectivity index (χ1n) is 7.30. The zero-order chi connectivity index (χ0) is 15.2. The van der Waals surface area contributed by atoms with Gasteiger partial charge in [0.05, 0.1) is 7.11 Å². The maximum Gasteiger partial charge on any atom is 0.322 e. The second kappa shape index (κ2) is 7.31. The van der Waals surface area contributed by atoms with Crippen LogP contribution in [0.25, 0.3) is 0 Å². The molecule has 116 valence electrons. The Bertz CT molecular complexity index is 475. The Morgan fingerprint density at radius 2 is 2.10 bits per heavy atom. The summed E-state index contributed by atoms with van der Waals surface area (Å²) in [5, 5.41) is 3.22. The molecule has 2 atom stereocenters. The van der Waals surface area contributed by atoms with Gasteiger partial charge < -0.3 is 19.5 Å². The molecule has 1 aliphatic rings. The van der Waals surface area contributed by atoms with Gasteiger partial charge in [0, 0.05) is 6.54 Å². The summed E-state index contributed by atoms with van der Waals surface area (Å²) in [4.78, 5) is 11.8. The number of hydrogen-bond donors (Lipinski definition) is 1. The Labute approximate surface area is 125 Å². The highest BCUT2D eigenvalue weighted by Crippen LogP contribution is 2.30. The van der Waals surface area contributed by atoms with E-state index in [1.54, 1.807) is 0 Å². The van der Waals surface area contributed by atoms with Crippen molar-refractivity contribution >= 4 is 5.97 Å². The highest BCUT2D eigenvalue weighted by molar-refractivity contribution is 5.75. The molecule has 5 nitrogen and oxygen atoms in total. The van der Waals surface area contributed by atoms with Crippen molar-refractivity contribution < 1.29 is 19.0 Å². The van der Waals surface area contributed by atoms with Gasteiger partial charge >= 0.3 is 5.97 Å². The van der Waals surface area contributed by atoms with Gasteiger partial charge in [-0.3, -0.25) is 4.79 Å². The molecule has 0 aliphatic carbocycles. The summed E-state index contributed by atoms with van der Waals surface area (Å²) < 4.78 is 16.4. The number of nitrogens with one attached hydrogen (secondary N) is 1. The minimum atomic E-state index is -0.309. The van der Waals surface area contributed by atoms with Crippen LogP contribution in [0.5, 0.6) is 11.5 Å². The fourth-order valence-corrected chi connectivity index (χ4v) is 2.31. The molecule has 1 heterocycles. The maximum atomic E-state index is 11.8. The van der Waals surface area contributed by atoms with E-state index < -0.39 is 0 Å². The van der Waals surface area contributed by atoms with Crippen LogP contribution in [0.4, 0.5) is 0 Å². The van der Waals surface area contributed by atoms with Gasteiger partial charge in [-0.15, -0.1) is 0 Å². The third kappa shape index (κ3) is 4.36. The van der Waals surface area contributed by atoms with E-state index >= 15 is 0 Å². The Balaban J connectivity index is 1.88. The molecule has 1 aliphatic heterocycles. The number of carbonyl (C=O) groups is 1. The van der Waals surface area contributed by atoms with Crippen LogP contribution in [0.15, 0.2) is 24.3 Å². The van der Waals surface area contributed by atoms with E-state index in [-0.39, 0.29) is 18.1 Å². The molecule has 0 bridgehead atoms. The van der Waals surface area contributed by atoms with Crippen molar-refractivity contribution in [2.45, 2.75) is 32.4 Å². The summed E-state index contributed by atoms with van der Waals surface area (Å²) in [5.74, 6) is 1.68. The molecule has 5 heteroatoms. The lowest BCUT2D eigenvalue weighted by Gasteiger charge is -2.28. The first-order chi connectivity index (χ1) is 10.1. The van der Waals surface area contributed by atoms with Gasteiger partial charge in [0.25, 0.3) is 0 Å². The first-order valence-corrected chi connectivity index (χ1v) is 7.30. The molecule has 1 N–H and O–H groups in total. The van der Waals surface area contributed by atoms with Crippen molar-refractivity contribution in [1.82, 2.24) is 5.32 Å². The molecule has 0 saturated carbocycles. The summed E-state index contributed by atoms with van der Waals surface area (Å²) in [5.41, 5.74) is 0. The number of rotatable bonds is 6. The molecule has 2 unspecified atom stereocenters. The SMILES string of the molecule is COC(=O)C(CC(C)C)NCC1COc2ccccc2O1. The number of hydrogen-bond acceptors (Lipinski definition) is 5. The largest absolute Gasteiger partial charge is 0.486 e. The molecule has 1 aromatic rings. The van der Waals surface area contributed by atoms with Crippen LogP contribution in [0.1, 0.15) is 20.3 Å². The highest BCUT2D eigenvalue weighted by atomic mass is 16.6. The van der Waals surface area contributed by atoms with Crippen molar-refractivity contribution in [3.8, 4) is 11.5 Å². The summed E-state index contributed by atoms with van der Waals surface area (Å²) in [7, 11) is 1.41. The highest BCUT2D eigenvalue weighted by Gasteiger charge is 2.25. The van der Waals surface area contributed by atoms with Crippen LogP contribution >= 0.6 is 0 Å². The fourth-order valence-electron chi connectivity index (χ4n) is 2.31. The normalized spacial score (nSPS) is 18.4. The Hall–Kier alpha value is -1.75. The zero-order valence-corrected chi connectivity index (χ0v) is 12.8. The van der Waals surface area contributed by atoms with Crippen LogP contribution in [-0.2, 0) is 9.53 Å². The van der Waals surface area contributed by atoms with Gasteiger partial charge in [-0.25, -0.2) is 0 Å². The molecule has 1 aromatic carbocycles. The predicted octanol–water partition coefficient (Wildman–Crippen LogP) is 2.00. The number of para-hydroxylation sites is 2. The Morgan fingerprint density at radius 3 is 2.76 bits per heavy atom. The van der Waals surface area contributed by atoms with Gasteiger partial charge in [-0.05, 0) is 24.5 Å². The van der Waals surface area contributed by atoms with Crippen molar-refractivity contribution in [3.63, 3.8) is 0 Å². The van der Waals surface area contributed by atoms with Crippen LogP contribution in [0.3, 0.4) is 0 Å². The van der Waals surface area contributed by atoms with Crippen LogP contribution < -0.4 is 14.8 Å². The molecule has 0 radical (unpaired) electrons. The number of benzene rings is 1. The lowest BCUT2D eigenvalue weighted by atomic mass is 10.0. The molecular formula is C16H23NO4. The lowest BCUT2D eigenvalue weighted by Crippen LogP contribution is -2.46. The first kappa shape index (κ1) is 15.6. The summed E-state index contributed by atoms with van der Waals surface area (Å²) >= 11 is 0. The minimum Gasteiger partial charge on any atom is -0.486 e. The molecule has 0 fully saturated rings. The maximum absolute atomic E-state index is 11.8. The van der Waals surface area contributed by atoms with E-state index in [9.17, 15) is 4.79 Å². The third-order valence-corrected chi connectivity index (χ3v) is 3.35. The fraction of sp³-hybridized carbons (Fsp3) is 0.562. The smallest absolute Gasteiger partial charge is 0.322 e. The third-order valence-electron chi connectivity index (χ3n) is 3.35. The topological polar surface area (TPSA) is 56.8 Å². The second-order valence-corrected chi connectivity index (χ2v) is 5.61. The van der Waals surface area contributed by atoms with Gasteiger partial charge in [-0.1, -0.05) is 26.0 Å². The summed E-state index contributed by atoms with van der Waals surface area (Å²) in [6, 6.07) is 7.28. The van der Waals surface area contributed by atoms with Crippen molar-refractivity contribution in [2.75, 3.05) is 20.3 Å². The second-order valence-electron chi connectivity index (χ2n) is 5.61. The molecule has 21 heavy (non-hydrogen) atoms. The van der Waals surface area contributed by atoms with Gasteiger partial charge in [0.2, 0.25) is 0 Å². The lowest BCUT2D eigenvalue weighted by molar-refractivity contribution is -0.143. The molecule has 0 aromatic heterocycles. The van der Waals surface area contributed by atoms with E-state index in [0.29, 0.717) is 19.1 Å². The number of ether oxygens (including phenoxy) is 3. The zero-order valence-electron chi connectivity index (χ0n) is 12.8. The van der Waals surface area contributed by atoms with E-state index in [2.05, 4.69) is 19.2 Å². The van der Waals surface area contributed by atoms with Crippen molar-refractivity contribution in [2.24, 2.45) is 5.92 Å². The van der Waals surface area contributed by atoms with E-state index in [1.807, 2.05) is 24.3 Å². The molecular weight excluding hydrogens is 270 g/mol. The quantitative estimate of drug-likeness (QED) is 0.813. The molecule has 2 rings (SSSR count). The summed E-state index contributed by atoms with van der Waals surface area (Å²) in [6.45, 7) is 5.17. The van der Waals surface area contributed by atoms with Crippen molar-refractivity contribution in [3.05, 3.63) is 24.3 Å². The Morgan fingerprint density at radius 1 is 1.38 bits per heavy atom. The van der Waals surface area contributed by atoms with Gasteiger partial charge in [0.1, 0.15) is 18.8 Å². The number of methoxy groups -OCH3 is 1.